The molecule has 9 nitrogen and oxygen atoms in total. The molecule has 0 aliphatic carbocycles. The van der Waals surface area contributed by atoms with E-state index in [1.165, 1.54) is 16.4 Å². The van der Waals surface area contributed by atoms with Crippen molar-refractivity contribution in [3.63, 3.8) is 0 Å². The summed E-state index contributed by atoms with van der Waals surface area (Å²) in [7, 11) is -3.63. The van der Waals surface area contributed by atoms with Gasteiger partial charge in [0.25, 0.3) is 5.91 Å². The zero-order chi connectivity index (χ0) is 23.4. The van der Waals surface area contributed by atoms with E-state index in [1.54, 1.807) is 12.1 Å². The lowest BCUT2D eigenvalue weighted by atomic mass is 9.96. The zero-order valence-electron chi connectivity index (χ0n) is 19.4. The second kappa shape index (κ2) is 10.8. The fourth-order valence-electron chi connectivity index (χ4n) is 4.91. The first kappa shape index (κ1) is 24.6. The van der Waals surface area contributed by atoms with Crippen LogP contribution in [0.3, 0.4) is 0 Å². The third-order valence-corrected chi connectivity index (χ3v) is 8.48. The topological polar surface area (TPSA) is 97.4 Å². The molecule has 0 spiro atoms. The standard InChI is InChI=1S/C23H35N3O6S/c1-17-14-26(15-18(2)32-17)33(28,29)21-5-3-19(4-6-21)23(27)24-13-22(20-7-10-31-16-20)25-8-11-30-12-9-25/h3-6,17-18,20,22H,7-16H2,1-2H3,(H,24,27). The normalized spacial score (nSPS) is 28.5. The van der Waals surface area contributed by atoms with Gasteiger partial charge in [-0.05, 0) is 44.5 Å². The first-order valence-electron chi connectivity index (χ1n) is 11.8. The van der Waals surface area contributed by atoms with Gasteiger partial charge in [-0.2, -0.15) is 4.31 Å². The highest BCUT2D eigenvalue weighted by Gasteiger charge is 2.33. The van der Waals surface area contributed by atoms with Crippen molar-refractivity contribution in [1.82, 2.24) is 14.5 Å². The van der Waals surface area contributed by atoms with Crippen LogP contribution in [0.15, 0.2) is 29.2 Å². The zero-order valence-corrected chi connectivity index (χ0v) is 20.3. The van der Waals surface area contributed by atoms with Gasteiger partial charge in [-0.1, -0.05) is 0 Å². The summed E-state index contributed by atoms with van der Waals surface area (Å²) in [4.78, 5) is 15.4. The number of morpholine rings is 2. The van der Waals surface area contributed by atoms with Crippen LogP contribution in [0.25, 0.3) is 0 Å². The monoisotopic (exact) mass is 481 g/mol. The molecule has 4 rings (SSSR count). The number of ether oxygens (including phenoxy) is 3. The van der Waals surface area contributed by atoms with Gasteiger partial charge >= 0.3 is 0 Å². The summed E-state index contributed by atoms with van der Waals surface area (Å²) in [5, 5.41) is 3.05. The number of nitrogens with one attached hydrogen (secondary N) is 1. The van der Waals surface area contributed by atoms with E-state index >= 15 is 0 Å². The molecule has 1 aromatic carbocycles. The van der Waals surface area contributed by atoms with Gasteiger partial charge in [0.1, 0.15) is 0 Å². The van der Waals surface area contributed by atoms with E-state index in [0.717, 1.165) is 26.1 Å². The summed E-state index contributed by atoms with van der Waals surface area (Å²) in [5.74, 6) is 0.180. The van der Waals surface area contributed by atoms with Crippen molar-refractivity contribution in [1.29, 1.82) is 0 Å². The van der Waals surface area contributed by atoms with Crippen molar-refractivity contribution >= 4 is 15.9 Å². The van der Waals surface area contributed by atoms with E-state index in [2.05, 4.69) is 10.2 Å². The Morgan fingerprint density at radius 1 is 1.06 bits per heavy atom. The second-order valence-corrected chi connectivity index (χ2v) is 11.1. The number of carbonyl (C=O) groups excluding carboxylic acids is 1. The number of sulfonamides is 1. The van der Waals surface area contributed by atoms with Crippen molar-refractivity contribution in [2.45, 2.75) is 43.4 Å². The lowest BCUT2D eigenvalue weighted by molar-refractivity contribution is -0.0440. The predicted octanol–water partition coefficient (Wildman–Crippen LogP) is 0.952. The number of nitrogens with zero attached hydrogens (tertiary/aromatic N) is 2. The molecule has 1 N–H and O–H groups in total. The second-order valence-electron chi connectivity index (χ2n) is 9.15. The van der Waals surface area contributed by atoms with E-state index in [-0.39, 0.29) is 29.1 Å². The van der Waals surface area contributed by atoms with Crippen LogP contribution in [0.5, 0.6) is 0 Å². The third kappa shape index (κ3) is 5.93. The van der Waals surface area contributed by atoms with Crippen molar-refractivity contribution < 1.29 is 27.4 Å². The minimum atomic E-state index is -3.63. The number of rotatable bonds is 7. The highest BCUT2D eigenvalue weighted by atomic mass is 32.2. The highest BCUT2D eigenvalue weighted by Crippen LogP contribution is 2.23. The van der Waals surface area contributed by atoms with E-state index in [4.69, 9.17) is 14.2 Å². The maximum atomic E-state index is 13.0. The molecule has 1 amide bonds. The molecule has 3 fully saturated rings. The summed E-state index contributed by atoms with van der Waals surface area (Å²) >= 11 is 0. The van der Waals surface area contributed by atoms with Crippen LogP contribution in [0.1, 0.15) is 30.6 Å². The smallest absolute Gasteiger partial charge is 0.251 e. The van der Waals surface area contributed by atoms with Gasteiger partial charge < -0.3 is 19.5 Å². The van der Waals surface area contributed by atoms with Gasteiger partial charge in [-0.3, -0.25) is 9.69 Å². The number of hydrogen-bond acceptors (Lipinski definition) is 7. The Morgan fingerprint density at radius 2 is 1.73 bits per heavy atom. The minimum Gasteiger partial charge on any atom is -0.381 e. The van der Waals surface area contributed by atoms with Gasteiger partial charge in [0.15, 0.2) is 0 Å². The van der Waals surface area contributed by atoms with Crippen LogP contribution in [0.2, 0.25) is 0 Å². The first-order chi connectivity index (χ1) is 15.8. The highest BCUT2D eigenvalue weighted by molar-refractivity contribution is 7.89. The predicted molar refractivity (Wildman–Crippen MR) is 123 cm³/mol. The molecule has 33 heavy (non-hydrogen) atoms. The average molecular weight is 482 g/mol. The molecule has 10 heteroatoms. The maximum absolute atomic E-state index is 13.0. The lowest BCUT2D eigenvalue weighted by Crippen LogP contribution is -2.52. The Labute approximate surface area is 196 Å². The molecule has 3 aliphatic rings. The van der Waals surface area contributed by atoms with E-state index < -0.39 is 10.0 Å². The minimum absolute atomic E-state index is 0.154. The summed E-state index contributed by atoms with van der Waals surface area (Å²) in [6, 6.07) is 6.39. The van der Waals surface area contributed by atoms with Gasteiger partial charge in [0.05, 0.1) is 36.9 Å². The van der Waals surface area contributed by atoms with Crippen LogP contribution in [-0.4, -0.2) is 101 Å². The molecule has 3 heterocycles. The third-order valence-electron chi connectivity index (χ3n) is 6.64. The number of hydrogen-bond donors (Lipinski definition) is 1. The molecule has 0 bridgehead atoms. The first-order valence-corrected chi connectivity index (χ1v) is 13.2. The maximum Gasteiger partial charge on any atom is 0.251 e. The molecule has 1 aromatic rings. The van der Waals surface area contributed by atoms with Crippen molar-refractivity contribution in [3.05, 3.63) is 29.8 Å². The summed E-state index contributed by atoms with van der Waals surface area (Å²) in [5.41, 5.74) is 0.445. The molecular weight excluding hydrogens is 446 g/mol. The fraction of sp³-hybridized carbons (Fsp3) is 0.696. The van der Waals surface area contributed by atoms with Crippen LogP contribution in [-0.2, 0) is 24.2 Å². The van der Waals surface area contributed by atoms with Crippen molar-refractivity contribution in [2.24, 2.45) is 5.92 Å². The number of amides is 1. The van der Waals surface area contributed by atoms with Crippen molar-refractivity contribution in [3.8, 4) is 0 Å². The summed E-state index contributed by atoms with van der Waals surface area (Å²) < 4.78 is 44.3. The molecule has 4 atom stereocenters. The summed E-state index contributed by atoms with van der Waals surface area (Å²) in [6.07, 6.45) is 0.681. The largest absolute Gasteiger partial charge is 0.381 e. The molecule has 0 aromatic heterocycles. The summed E-state index contributed by atoms with van der Waals surface area (Å²) in [6.45, 7) is 9.48. The van der Waals surface area contributed by atoms with E-state index in [0.29, 0.717) is 50.9 Å². The molecule has 3 aliphatic heterocycles. The SMILES string of the molecule is CC1CN(S(=O)(=O)c2ccc(C(=O)NCC(C3CCOC3)N3CCOCC3)cc2)CC(C)O1. The van der Waals surface area contributed by atoms with Crippen LogP contribution >= 0.6 is 0 Å². The number of carbonyl (C=O) groups is 1. The average Bonchev–Trinajstić information content (AvgIpc) is 3.34. The fourth-order valence-corrected chi connectivity index (χ4v) is 6.50. The molecule has 0 radical (unpaired) electrons. The molecule has 4 unspecified atom stereocenters. The Hall–Kier alpha value is -1.56. The van der Waals surface area contributed by atoms with Crippen LogP contribution in [0, 0.1) is 5.92 Å². The quantitative estimate of drug-likeness (QED) is 0.619. The molecule has 0 saturated carbocycles. The van der Waals surface area contributed by atoms with Crippen LogP contribution in [0.4, 0.5) is 0 Å². The Bertz CT molecular complexity index is 887. The lowest BCUT2D eigenvalue weighted by Gasteiger charge is -2.37. The van der Waals surface area contributed by atoms with Gasteiger partial charge in [0, 0.05) is 56.9 Å². The molecule has 3 saturated heterocycles. The molecular formula is C23H35N3O6S. The van der Waals surface area contributed by atoms with Crippen LogP contribution < -0.4 is 5.32 Å². The van der Waals surface area contributed by atoms with E-state index in [9.17, 15) is 13.2 Å². The molecule has 184 valence electrons. The van der Waals surface area contributed by atoms with Crippen molar-refractivity contribution in [2.75, 3.05) is 59.2 Å². The van der Waals surface area contributed by atoms with Gasteiger partial charge in [-0.15, -0.1) is 0 Å². The van der Waals surface area contributed by atoms with E-state index in [1.807, 2.05) is 13.8 Å². The Balaban J connectivity index is 1.39. The van der Waals surface area contributed by atoms with Gasteiger partial charge in [-0.25, -0.2) is 8.42 Å². The Kier molecular flexibility index (Phi) is 8.03. The van der Waals surface area contributed by atoms with Gasteiger partial charge in [0.2, 0.25) is 10.0 Å². The number of benzene rings is 1. The Morgan fingerprint density at radius 3 is 2.33 bits per heavy atom.